The largest absolute Gasteiger partial charge is 0.499 e. The Kier molecular flexibility index (Phi) is 3.22. The predicted octanol–water partition coefficient (Wildman–Crippen LogP) is 3.20. The van der Waals surface area contributed by atoms with Gasteiger partial charge in [0.05, 0.1) is 12.4 Å². The molecule has 1 aliphatic rings. The Balaban J connectivity index is 1.97. The average molecular weight is 221 g/mol. The van der Waals surface area contributed by atoms with Crippen molar-refractivity contribution in [3.8, 4) is 0 Å². The minimum Gasteiger partial charge on any atom is -0.499 e. The van der Waals surface area contributed by atoms with Crippen molar-refractivity contribution < 1.29 is 9.13 Å². The number of allylic oxidation sites excluding steroid dienone is 1. The first-order valence-corrected chi connectivity index (χ1v) is 5.58. The molecule has 0 spiro atoms. The molecule has 0 amide bonds. The van der Waals surface area contributed by atoms with Crippen LogP contribution < -0.4 is 0 Å². The van der Waals surface area contributed by atoms with Crippen LogP contribution in [0.2, 0.25) is 0 Å². The summed E-state index contributed by atoms with van der Waals surface area (Å²) < 4.78 is 17.7. The number of ether oxygens (including phenoxy) is 1. The smallest absolute Gasteiger partial charge is 0.116 e. The van der Waals surface area contributed by atoms with Gasteiger partial charge >= 0.3 is 0 Å². The standard InChI is InChI=1S/C13H16FNO/c1-3-16-9(2)11-6-12(11)13-5-4-10(7-14)8-15-13/h4-5,8,11-12H,2-3,6-7H2,1H3/t11-,12-/m1/s1. The monoisotopic (exact) mass is 221 g/mol. The van der Waals surface area contributed by atoms with Gasteiger partial charge in [0.2, 0.25) is 0 Å². The average Bonchev–Trinajstić information content (AvgIpc) is 3.09. The third kappa shape index (κ3) is 2.23. The molecule has 0 unspecified atom stereocenters. The molecule has 2 rings (SSSR count). The molecule has 1 aliphatic carbocycles. The van der Waals surface area contributed by atoms with Crippen molar-refractivity contribution in [1.82, 2.24) is 4.98 Å². The Morgan fingerprint density at radius 1 is 1.62 bits per heavy atom. The van der Waals surface area contributed by atoms with Crippen molar-refractivity contribution in [2.45, 2.75) is 25.9 Å². The number of rotatable bonds is 5. The fraction of sp³-hybridized carbons (Fsp3) is 0.462. The van der Waals surface area contributed by atoms with Crippen LogP contribution in [0.3, 0.4) is 0 Å². The minimum atomic E-state index is -0.451. The molecule has 0 aromatic carbocycles. The molecule has 3 heteroatoms. The lowest BCUT2D eigenvalue weighted by atomic mass is 10.2. The van der Waals surface area contributed by atoms with Crippen LogP contribution in [-0.2, 0) is 11.4 Å². The van der Waals surface area contributed by atoms with Crippen molar-refractivity contribution in [3.05, 3.63) is 41.9 Å². The first-order chi connectivity index (χ1) is 7.76. The lowest BCUT2D eigenvalue weighted by Gasteiger charge is -2.05. The zero-order valence-electron chi connectivity index (χ0n) is 9.45. The third-order valence-corrected chi connectivity index (χ3v) is 2.92. The van der Waals surface area contributed by atoms with E-state index in [-0.39, 0.29) is 0 Å². The van der Waals surface area contributed by atoms with Crippen molar-refractivity contribution >= 4 is 0 Å². The Hall–Kier alpha value is -1.38. The van der Waals surface area contributed by atoms with Gasteiger partial charge in [0, 0.05) is 29.3 Å². The Morgan fingerprint density at radius 2 is 2.44 bits per heavy atom. The molecule has 0 radical (unpaired) electrons. The van der Waals surface area contributed by atoms with Gasteiger partial charge in [-0.25, -0.2) is 4.39 Å². The second-order valence-electron chi connectivity index (χ2n) is 4.07. The zero-order valence-corrected chi connectivity index (χ0v) is 9.45. The van der Waals surface area contributed by atoms with Crippen LogP contribution in [0.15, 0.2) is 30.7 Å². The quantitative estimate of drug-likeness (QED) is 0.712. The van der Waals surface area contributed by atoms with Crippen LogP contribution in [0.4, 0.5) is 4.39 Å². The predicted molar refractivity (Wildman–Crippen MR) is 60.7 cm³/mol. The molecule has 0 saturated heterocycles. The summed E-state index contributed by atoms with van der Waals surface area (Å²) in [6.07, 6.45) is 2.65. The molecular weight excluding hydrogens is 205 g/mol. The van der Waals surface area contributed by atoms with E-state index in [4.69, 9.17) is 4.74 Å². The molecule has 2 nitrogen and oxygen atoms in total. The molecular formula is C13H16FNO. The van der Waals surface area contributed by atoms with E-state index in [0.717, 1.165) is 17.9 Å². The summed E-state index contributed by atoms with van der Waals surface area (Å²) in [5.41, 5.74) is 1.65. The lowest BCUT2D eigenvalue weighted by molar-refractivity contribution is 0.213. The van der Waals surface area contributed by atoms with E-state index in [0.29, 0.717) is 24.0 Å². The van der Waals surface area contributed by atoms with Crippen molar-refractivity contribution in [2.75, 3.05) is 6.61 Å². The van der Waals surface area contributed by atoms with Gasteiger partial charge in [0.25, 0.3) is 0 Å². The van der Waals surface area contributed by atoms with Crippen molar-refractivity contribution in [3.63, 3.8) is 0 Å². The van der Waals surface area contributed by atoms with E-state index in [1.54, 1.807) is 12.3 Å². The first kappa shape index (κ1) is 11.1. The molecule has 0 N–H and O–H groups in total. The van der Waals surface area contributed by atoms with E-state index < -0.39 is 6.67 Å². The van der Waals surface area contributed by atoms with Gasteiger partial charge in [0.1, 0.15) is 6.67 Å². The van der Waals surface area contributed by atoms with Gasteiger partial charge in [-0.2, -0.15) is 0 Å². The minimum absolute atomic E-state index is 0.392. The number of hydrogen-bond donors (Lipinski definition) is 0. The van der Waals surface area contributed by atoms with Crippen LogP contribution >= 0.6 is 0 Å². The fourth-order valence-electron chi connectivity index (χ4n) is 1.90. The second-order valence-corrected chi connectivity index (χ2v) is 4.07. The lowest BCUT2D eigenvalue weighted by Crippen LogP contribution is -1.95. The van der Waals surface area contributed by atoms with Gasteiger partial charge in [-0.15, -0.1) is 0 Å². The molecule has 1 saturated carbocycles. The zero-order chi connectivity index (χ0) is 11.5. The molecule has 86 valence electrons. The topological polar surface area (TPSA) is 22.1 Å². The highest BCUT2D eigenvalue weighted by Gasteiger charge is 2.42. The summed E-state index contributed by atoms with van der Waals surface area (Å²) in [7, 11) is 0. The molecule has 16 heavy (non-hydrogen) atoms. The summed E-state index contributed by atoms with van der Waals surface area (Å²) >= 11 is 0. The molecule has 1 aromatic rings. The first-order valence-electron chi connectivity index (χ1n) is 5.58. The van der Waals surface area contributed by atoms with E-state index in [1.807, 2.05) is 13.0 Å². The number of hydrogen-bond acceptors (Lipinski definition) is 2. The summed E-state index contributed by atoms with van der Waals surface area (Å²) in [5, 5.41) is 0. The molecule has 1 aromatic heterocycles. The van der Waals surface area contributed by atoms with Gasteiger partial charge in [-0.1, -0.05) is 12.6 Å². The maximum Gasteiger partial charge on any atom is 0.116 e. The number of alkyl halides is 1. The Labute approximate surface area is 95.2 Å². The van der Waals surface area contributed by atoms with Crippen LogP contribution in [0.25, 0.3) is 0 Å². The molecule has 1 heterocycles. The number of halogens is 1. The van der Waals surface area contributed by atoms with Crippen molar-refractivity contribution in [2.24, 2.45) is 5.92 Å². The summed E-state index contributed by atoms with van der Waals surface area (Å²) in [5.74, 6) is 1.65. The van der Waals surface area contributed by atoms with Gasteiger partial charge in [-0.05, 0) is 19.4 Å². The molecule has 0 aliphatic heterocycles. The van der Waals surface area contributed by atoms with Gasteiger partial charge < -0.3 is 4.74 Å². The summed E-state index contributed by atoms with van der Waals surface area (Å²) in [6, 6.07) is 3.69. The molecule has 1 fully saturated rings. The third-order valence-electron chi connectivity index (χ3n) is 2.92. The highest BCUT2D eigenvalue weighted by Crippen LogP contribution is 2.50. The number of nitrogens with zero attached hydrogens (tertiary/aromatic N) is 1. The summed E-state index contributed by atoms with van der Waals surface area (Å²) in [4.78, 5) is 4.27. The highest BCUT2D eigenvalue weighted by molar-refractivity contribution is 5.25. The Bertz CT molecular complexity index is 374. The number of aromatic nitrogens is 1. The van der Waals surface area contributed by atoms with Crippen LogP contribution in [0.1, 0.15) is 30.5 Å². The summed E-state index contributed by atoms with van der Waals surface area (Å²) in [6.45, 7) is 6.07. The van der Waals surface area contributed by atoms with Crippen LogP contribution in [0, 0.1) is 5.92 Å². The van der Waals surface area contributed by atoms with Crippen molar-refractivity contribution in [1.29, 1.82) is 0 Å². The SMILES string of the molecule is C=C(OCC)[C@H]1C[C@H]1c1ccc(CF)cn1. The maximum atomic E-state index is 12.3. The maximum absolute atomic E-state index is 12.3. The molecule has 2 atom stereocenters. The fourth-order valence-corrected chi connectivity index (χ4v) is 1.90. The second kappa shape index (κ2) is 4.64. The van der Waals surface area contributed by atoms with E-state index in [9.17, 15) is 4.39 Å². The molecule has 0 bridgehead atoms. The Morgan fingerprint density at radius 3 is 3.00 bits per heavy atom. The normalized spacial score (nSPS) is 22.9. The number of pyridine rings is 1. The highest BCUT2D eigenvalue weighted by atomic mass is 19.1. The van der Waals surface area contributed by atoms with Crippen LogP contribution in [0.5, 0.6) is 0 Å². The van der Waals surface area contributed by atoms with E-state index >= 15 is 0 Å². The van der Waals surface area contributed by atoms with Crippen LogP contribution in [-0.4, -0.2) is 11.6 Å². The van der Waals surface area contributed by atoms with E-state index in [2.05, 4.69) is 11.6 Å². The van der Waals surface area contributed by atoms with Gasteiger partial charge in [-0.3, -0.25) is 4.98 Å². The van der Waals surface area contributed by atoms with E-state index in [1.165, 1.54) is 0 Å². The van der Waals surface area contributed by atoms with Gasteiger partial charge in [0.15, 0.2) is 0 Å².